The van der Waals surface area contributed by atoms with E-state index in [1.165, 1.54) is 0 Å². The number of benzene rings is 2. The van der Waals surface area contributed by atoms with Gasteiger partial charge in [0.05, 0.1) is 19.6 Å². The topological polar surface area (TPSA) is 38.3 Å². The van der Waals surface area contributed by atoms with E-state index >= 15 is 0 Å². The van der Waals surface area contributed by atoms with E-state index in [0.717, 1.165) is 23.3 Å². The van der Waals surface area contributed by atoms with Crippen LogP contribution in [0.2, 0.25) is 0 Å². The summed E-state index contributed by atoms with van der Waals surface area (Å²) in [5.41, 5.74) is 2.05. The highest BCUT2D eigenvalue weighted by atomic mass is 16.5. The summed E-state index contributed by atoms with van der Waals surface area (Å²) in [6.45, 7) is 4.34. The van der Waals surface area contributed by atoms with Gasteiger partial charge < -0.3 is 10.1 Å². The Morgan fingerprint density at radius 2 is 1.70 bits per heavy atom. The summed E-state index contributed by atoms with van der Waals surface area (Å²) in [5.74, 6) is 1.28. The Morgan fingerprint density at radius 1 is 1.04 bits per heavy atom. The molecule has 1 N–H and O–H groups in total. The standard InChI is InChI=1S/C20H25NO2/c1-15(2)13-18(16-9-5-4-6-10-16)21-20(22)14-17-11-7-8-12-19(17)23-3/h4-12,15,18H,13-14H2,1-3H3,(H,21,22). The number of methoxy groups -OCH3 is 1. The number of hydrogen-bond donors (Lipinski definition) is 1. The van der Waals surface area contributed by atoms with Crippen LogP contribution in [-0.4, -0.2) is 13.0 Å². The second-order valence-corrected chi connectivity index (χ2v) is 6.15. The molecular weight excluding hydrogens is 286 g/mol. The van der Waals surface area contributed by atoms with Crippen molar-refractivity contribution in [1.29, 1.82) is 0 Å². The van der Waals surface area contributed by atoms with Crippen LogP contribution in [0.3, 0.4) is 0 Å². The molecule has 0 spiro atoms. The summed E-state index contributed by atoms with van der Waals surface area (Å²) >= 11 is 0. The van der Waals surface area contributed by atoms with Crippen molar-refractivity contribution in [2.45, 2.75) is 32.7 Å². The van der Waals surface area contributed by atoms with E-state index in [2.05, 4.69) is 31.3 Å². The molecule has 23 heavy (non-hydrogen) atoms. The van der Waals surface area contributed by atoms with Crippen molar-refractivity contribution in [2.75, 3.05) is 7.11 Å². The molecule has 1 unspecified atom stereocenters. The molecule has 0 heterocycles. The normalized spacial score (nSPS) is 12.0. The van der Waals surface area contributed by atoms with E-state index in [9.17, 15) is 4.79 Å². The van der Waals surface area contributed by atoms with E-state index < -0.39 is 0 Å². The maximum atomic E-state index is 12.5. The van der Waals surface area contributed by atoms with Crippen molar-refractivity contribution in [2.24, 2.45) is 5.92 Å². The fourth-order valence-electron chi connectivity index (χ4n) is 2.70. The molecule has 2 rings (SSSR count). The molecule has 0 radical (unpaired) electrons. The summed E-state index contributed by atoms with van der Waals surface area (Å²) < 4.78 is 5.32. The second-order valence-electron chi connectivity index (χ2n) is 6.15. The highest BCUT2D eigenvalue weighted by Gasteiger charge is 2.17. The zero-order valence-corrected chi connectivity index (χ0v) is 14.1. The lowest BCUT2D eigenvalue weighted by atomic mass is 9.96. The zero-order chi connectivity index (χ0) is 16.7. The third kappa shape index (κ3) is 5.13. The Labute approximate surface area is 138 Å². The monoisotopic (exact) mass is 311 g/mol. The lowest BCUT2D eigenvalue weighted by Crippen LogP contribution is -2.30. The second kappa shape index (κ2) is 8.37. The van der Waals surface area contributed by atoms with Crippen LogP contribution in [0.1, 0.15) is 37.4 Å². The van der Waals surface area contributed by atoms with Crippen LogP contribution in [0.5, 0.6) is 5.75 Å². The van der Waals surface area contributed by atoms with Crippen molar-refractivity contribution in [1.82, 2.24) is 5.32 Å². The SMILES string of the molecule is COc1ccccc1CC(=O)NC(CC(C)C)c1ccccc1. The number of rotatable bonds is 7. The first-order valence-electron chi connectivity index (χ1n) is 8.06. The number of carbonyl (C=O) groups is 1. The van der Waals surface area contributed by atoms with Crippen LogP contribution in [0.4, 0.5) is 0 Å². The number of nitrogens with one attached hydrogen (secondary N) is 1. The summed E-state index contributed by atoms with van der Waals surface area (Å²) in [4.78, 5) is 12.5. The lowest BCUT2D eigenvalue weighted by Gasteiger charge is -2.21. The van der Waals surface area contributed by atoms with E-state index in [1.54, 1.807) is 7.11 Å². The van der Waals surface area contributed by atoms with Gasteiger partial charge in [0.15, 0.2) is 0 Å². The summed E-state index contributed by atoms with van der Waals surface area (Å²) in [5, 5.41) is 3.17. The van der Waals surface area contributed by atoms with Gasteiger partial charge in [-0.3, -0.25) is 4.79 Å². The summed E-state index contributed by atoms with van der Waals surface area (Å²) in [6.07, 6.45) is 1.24. The number of hydrogen-bond acceptors (Lipinski definition) is 2. The average molecular weight is 311 g/mol. The van der Waals surface area contributed by atoms with Crippen molar-refractivity contribution in [3.05, 3.63) is 65.7 Å². The predicted octanol–water partition coefficient (Wildman–Crippen LogP) is 4.14. The maximum absolute atomic E-state index is 12.5. The van der Waals surface area contributed by atoms with Gasteiger partial charge in [-0.2, -0.15) is 0 Å². The van der Waals surface area contributed by atoms with E-state index in [4.69, 9.17) is 4.74 Å². The van der Waals surface area contributed by atoms with Gasteiger partial charge in [0.25, 0.3) is 0 Å². The molecule has 1 amide bonds. The minimum absolute atomic E-state index is 0.0176. The molecule has 3 heteroatoms. The zero-order valence-electron chi connectivity index (χ0n) is 14.1. The number of amides is 1. The number of carbonyl (C=O) groups excluding carboxylic acids is 1. The van der Waals surface area contributed by atoms with Crippen molar-refractivity contribution in [3.63, 3.8) is 0 Å². The van der Waals surface area contributed by atoms with Crippen LogP contribution in [0.25, 0.3) is 0 Å². The largest absolute Gasteiger partial charge is 0.496 e. The Morgan fingerprint density at radius 3 is 2.35 bits per heavy atom. The highest BCUT2D eigenvalue weighted by molar-refractivity contribution is 5.79. The fourth-order valence-corrected chi connectivity index (χ4v) is 2.70. The minimum Gasteiger partial charge on any atom is -0.496 e. The van der Waals surface area contributed by atoms with Crippen LogP contribution in [0.15, 0.2) is 54.6 Å². The Bertz CT molecular complexity index is 623. The summed E-state index contributed by atoms with van der Waals surface area (Å²) in [7, 11) is 1.63. The molecule has 1 atom stereocenters. The van der Waals surface area contributed by atoms with Crippen LogP contribution < -0.4 is 10.1 Å². The molecule has 0 bridgehead atoms. The first kappa shape index (κ1) is 17.1. The maximum Gasteiger partial charge on any atom is 0.225 e. The van der Waals surface area contributed by atoms with Crippen molar-refractivity contribution in [3.8, 4) is 5.75 Å². The van der Waals surface area contributed by atoms with Gasteiger partial charge in [-0.25, -0.2) is 0 Å². The molecule has 2 aromatic rings. The van der Waals surface area contributed by atoms with E-state index in [1.807, 2.05) is 42.5 Å². The van der Waals surface area contributed by atoms with E-state index in [-0.39, 0.29) is 11.9 Å². The van der Waals surface area contributed by atoms with Gasteiger partial charge in [0.1, 0.15) is 5.75 Å². The van der Waals surface area contributed by atoms with Gasteiger partial charge in [-0.05, 0) is 24.0 Å². The molecule has 0 aliphatic rings. The van der Waals surface area contributed by atoms with Crippen molar-refractivity contribution < 1.29 is 9.53 Å². The molecule has 0 aliphatic carbocycles. The molecule has 0 fully saturated rings. The smallest absolute Gasteiger partial charge is 0.225 e. The van der Waals surface area contributed by atoms with Crippen molar-refractivity contribution >= 4 is 5.91 Å². The highest BCUT2D eigenvalue weighted by Crippen LogP contribution is 2.22. The van der Waals surface area contributed by atoms with Gasteiger partial charge in [0.2, 0.25) is 5.91 Å². The minimum atomic E-state index is 0.0176. The number of para-hydroxylation sites is 1. The molecule has 0 saturated heterocycles. The quantitative estimate of drug-likeness (QED) is 0.834. The molecular formula is C20H25NO2. The third-order valence-corrected chi connectivity index (χ3v) is 3.79. The Hall–Kier alpha value is -2.29. The van der Waals surface area contributed by atoms with E-state index in [0.29, 0.717) is 12.3 Å². The van der Waals surface area contributed by atoms with Gasteiger partial charge in [-0.15, -0.1) is 0 Å². The predicted molar refractivity (Wildman–Crippen MR) is 93.5 cm³/mol. The molecule has 0 aromatic heterocycles. The first-order valence-corrected chi connectivity index (χ1v) is 8.06. The molecule has 122 valence electrons. The third-order valence-electron chi connectivity index (χ3n) is 3.79. The van der Waals surface area contributed by atoms with Crippen LogP contribution in [0, 0.1) is 5.92 Å². The first-order chi connectivity index (χ1) is 11.1. The number of ether oxygens (including phenoxy) is 1. The van der Waals surface area contributed by atoms with Gasteiger partial charge in [0, 0.05) is 5.56 Å². The van der Waals surface area contributed by atoms with Gasteiger partial charge in [-0.1, -0.05) is 62.4 Å². The fraction of sp³-hybridized carbons (Fsp3) is 0.350. The van der Waals surface area contributed by atoms with Crippen LogP contribution >= 0.6 is 0 Å². The average Bonchev–Trinajstić information content (AvgIpc) is 2.55. The summed E-state index contributed by atoms with van der Waals surface area (Å²) in [6, 6.07) is 17.8. The molecule has 0 aliphatic heterocycles. The van der Waals surface area contributed by atoms with Crippen LogP contribution in [-0.2, 0) is 11.2 Å². The lowest BCUT2D eigenvalue weighted by molar-refractivity contribution is -0.121. The van der Waals surface area contributed by atoms with Gasteiger partial charge >= 0.3 is 0 Å². The molecule has 3 nitrogen and oxygen atoms in total. The molecule has 2 aromatic carbocycles. The Balaban J connectivity index is 2.08. The molecule has 0 saturated carbocycles. The Kier molecular flexibility index (Phi) is 6.21.